The second-order valence-electron chi connectivity index (χ2n) is 6.02. The second kappa shape index (κ2) is 6.83. The average molecular weight is 374 g/mol. The second-order valence-corrected chi connectivity index (χ2v) is 6.02. The molecule has 3 aromatic rings. The molecule has 27 heavy (non-hydrogen) atoms. The lowest BCUT2D eigenvalue weighted by atomic mass is 10.0. The molecule has 0 aliphatic carbocycles. The zero-order valence-corrected chi connectivity index (χ0v) is 14.7. The largest absolute Gasteiger partial charge is 0.496 e. The van der Waals surface area contributed by atoms with Gasteiger partial charge in [-0.15, -0.1) is 0 Å². The summed E-state index contributed by atoms with van der Waals surface area (Å²) in [5, 5.41) is 0. The number of amides is 1. The molecule has 140 valence electrons. The average Bonchev–Trinajstić information content (AvgIpc) is 3.02. The highest BCUT2D eigenvalue weighted by Crippen LogP contribution is 2.36. The van der Waals surface area contributed by atoms with E-state index in [-0.39, 0.29) is 0 Å². The van der Waals surface area contributed by atoms with Crippen molar-refractivity contribution in [2.24, 2.45) is 12.8 Å². The molecule has 0 aliphatic heterocycles. The van der Waals surface area contributed by atoms with Crippen LogP contribution in [-0.2, 0) is 13.2 Å². The molecular weight excluding hydrogens is 357 g/mol. The van der Waals surface area contributed by atoms with Gasteiger partial charge in [-0.1, -0.05) is 18.2 Å². The van der Waals surface area contributed by atoms with Crippen molar-refractivity contribution in [1.29, 1.82) is 0 Å². The summed E-state index contributed by atoms with van der Waals surface area (Å²) in [6, 6.07) is 13.7. The molecule has 0 radical (unpaired) electrons. The maximum Gasteiger partial charge on any atom is 0.416 e. The first-order chi connectivity index (χ1) is 12.7. The number of nitrogens with two attached hydrogens (primary N) is 1. The minimum absolute atomic E-state index is 0.360. The maximum absolute atomic E-state index is 12.7. The van der Waals surface area contributed by atoms with Crippen LogP contribution in [0.5, 0.6) is 5.75 Å². The van der Waals surface area contributed by atoms with Crippen LogP contribution < -0.4 is 10.5 Å². The minimum Gasteiger partial charge on any atom is -0.496 e. The van der Waals surface area contributed by atoms with Crippen molar-refractivity contribution in [2.75, 3.05) is 7.11 Å². The standard InChI is InChI=1S/C20H17F3N2O2/c1-25-16(9-10-17(25)19(24)26)15-8-5-13(11-18(15)27-2)12-3-6-14(7-4-12)20(21,22)23/h3-11H,1-2H3,(H2,24,26). The van der Waals surface area contributed by atoms with E-state index in [1.165, 1.54) is 19.2 Å². The lowest BCUT2D eigenvalue weighted by Gasteiger charge is -2.13. The lowest BCUT2D eigenvalue weighted by Crippen LogP contribution is -2.15. The van der Waals surface area contributed by atoms with Gasteiger partial charge in [0.25, 0.3) is 5.91 Å². The fourth-order valence-electron chi connectivity index (χ4n) is 2.96. The number of aromatic nitrogens is 1. The zero-order chi connectivity index (χ0) is 19.8. The Morgan fingerprint density at radius 2 is 1.63 bits per heavy atom. The van der Waals surface area contributed by atoms with Crippen molar-refractivity contribution in [3.63, 3.8) is 0 Å². The number of ether oxygens (including phenoxy) is 1. The van der Waals surface area contributed by atoms with Crippen molar-refractivity contribution >= 4 is 5.91 Å². The Morgan fingerprint density at radius 1 is 1.00 bits per heavy atom. The van der Waals surface area contributed by atoms with Crippen LogP contribution in [0.4, 0.5) is 13.2 Å². The van der Waals surface area contributed by atoms with Crippen LogP contribution in [0.15, 0.2) is 54.6 Å². The quantitative estimate of drug-likeness (QED) is 0.732. The fraction of sp³-hybridized carbons (Fsp3) is 0.150. The van der Waals surface area contributed by atoms with E-state index in [1.54, 1.807) is 41.9 Å². The van der Waals surface area contributed by atoms with Crippen LogP contribution in [0.25, 0.3) is 22.4 Å². The van der Waals surface area contributed by atoms with Gasteiger partial charge >= 0.3 is 6.18 Å². The molecular formula is C20H17F3N2O2. The summed E-state index contributed by atoms with van der Waals surface area (Å²) in [5.74, 6) is -0.00582. The number of hydrogen-bond donors (Lipinski definition) is 1. The Kier molecular flexibility index (Phi) is 4.70. The van der Waals surface area contributed by atoms with Crippen LogP contribution in [0.2, 0.25) is 0 Å². The smallest absolute Gasteiger partial charge is 0.416 e. The summed E-state index contributed by atoms with van der Waals surface area (Å²) in [7, 11) is 3.23. The molecule has 0 unspecified atom stereocenters. The Bertz CT molecular complexity index is 989. The van der Waals surface area contributed by atoms with Crippen molar-refractivity contribution in [3.8, 4) is 28.1 Å². The van der Waals surface area contributed by atoms with E-state index in [4.69, 9.17) is 10.5 Å². The fourth-order valence-corrected chi connectivity index (χ4v) is 2.96. The van der Waals surface area contributed by atoms with Crippen LogP contribution in [0, 0.1) is 0 Å². The predicted molar refractivity (Wildman–Crippen MR) is 96.4 cm³/mol. The molecule has 2 N–H and O–H groups in total. The molecule has 0 saturated heterocycles. The monoisotopic (exact) mass is 374 g/mol. The van der Waals surface area contributed by atoms with E-state index in [9.17, 15) is 18.0 Å². The van der Waals surface area contributed by atoms with Gasteiger partial charge in [0.15, 0.2) is 0 Å². The van der Waals surface area contributed by atoms with Gasteiger partial charge in [-0.05, 0) is 47.5 Å². The molecule has 0 aliphatic rings. The number of carbonyl (C=O) groups is 1. The van der Waals surface area contributed by atoms with Crippen molar-refractivity contribution in [1.82, 2.24) is 4.57 Å². The molecule has 7 heteroatoms. The van der Waals surface area contributed by atoms with Crippen LogP contribution in [0.1, 0.15) is 16.1 Å². The molecule has 0 spiro atoms. The van der Waals surface area contributed by atoms with Gasteiger partial charge < -0.3 is 15.0 Å². The summed E-state index contributed by atoms with van der Waals surface area (Å²) < 4.78 is 45.3. The number of carbonyl (C=O) groups excluding carboxylic acids is 1. The van der Waals surface area contributed by atoms with E-state index in [0.717, 1.165) is 23.4 Å². The third-order valence-corrected chi connectivity index (χ3v) is 4.40. The molecule has 1 amide bonds. The van der Waals surface area contributed by atoms with Gasteiger partial charge in [0.1, 0.15) is 11.4 Å². The molecule has 0 fully saturated rings. The number of benzene rings is 2. The highest BCUT2D eigenvalue weighted by Gasteiger charge is 2.30. The van der Waals surface area contributed by atoms with Crippen molar-refractivity contribution < 1.29 is 22.7 Å². The molecule has 0 bridgehead atoms. The number of halogens is 3. The first-order valence-corrected chi connectivity index (χ1v) is 8.04. The molecule has 0 atom stereocenters. The number of alkyl halides is 3. The molecule has 1 heterocycles. The number of hydrogen-bond acceptors (Lipinski definition) is 2. The lowest BCUT2D eigenvalue weighted by molar-refractivity contribution is -0.137. The van der Waals surface area contributed by atoms with E-state index < -0.39 is 17.6 Å². The molecule has 4 nitrogen and oxygen atoms in total. The summed E-state index contributed by atoms with van der Waals surface area (Å²) in [6.07, 6.45) is -4.37. The van der Waals surface area contributed by atoms with Crippen LogP contribution >= 0.6 is 0 Å². The van der Waals surface area contributed by atoms with Gasteiger partial charge in [-0.3, -0.25) is 4.79 Å². The molecule has 2 aromatic carbocycles. The highest BCUT2D eigenvalue weighted by molar-refractivity contribution is 5.92. The molecule has 1 aromatic heterocycles. The summed E-state index contributed by atoms with van der Waals surface area (Å²) in [5.41, 5.74) is 7.84. The highest BCUT2D eigenvalue weighted by atomic mass is 19.4. The number of primary amides is 1. The number of methoxy groups -OCH3 is 1. The summed E-state index contributed by atoms with van der Waals surface area (Å²) in [4.78, 5) is 11.4. The van der Waals surface area contributed by atoms with Crippen LogP contribution in [-0.4, -0.2) is 17.6 Å². The zero-order valence-electron chi connectivity index (χ0n) is 14.7. The van der Waals surface area contributed by atoms with E-state index in [2.05, 4.69) is 0 Å². The first kappa shape index (κ1) is 18.6. The Hall–Kier alpha value is -3.22. The topological polar surface area (TPSA) is 57.2 Å². The summed E-state index contributed by atoms with van der Waals surface area (Å²) >= 11 is 0. The van der Waals surface area contributed by atoms with E-state index in [1.807, 2.05) is 0 Å². The van der Waals surface area contributed by atoms with E-state index in [0.29, 0.717) is 22.6 Å². The third-order valence-electron chi connectivity index (χ3n) is 4.40. The van der Waals surface area contributed by atoms with Crippen molar-refractivity contribution in [3.05, 3.63) is 65.9 Å². The summed E-state index contributed by atoms with van der Waals surface area (Å²) in [6.45, 7) is 0. The number of nitrogens with zero attached hydrogens (tertiary/aromatic N) is 1. The maximum atomic E-state index is 12.7. The number of rotatable bonds is 4. The SMILES string of the molecule is COc1cc(-c2ccc(C(F)(F)F)cc2)ccc1-c1ccc(C(N)=O)n1C. The van der Waals surface area contributed by atoms with Gasteiger partial charge in [0.2, 0.25) is 0 Å². The minimum atomic E-state index is -4.37. The van der Waals surface area contributed by atoms with Gasteiger partial charge in [-0.25, -0.2) is 0 Å². The first-order valence-electron chi connectivity index (χ1n) is 8.04. The van der Waals surface area contributed by atoms with E-state index >= 15 is 0 Å². The Balaban J connectivity index is 2.01. The Morgan fingerprint density at radius 3 is 2.15 bits per heavy atom. The van der Waals surface area contributed by atoms with Gasteiger partial charge in [-0.2, -0.15) is 13.2 Å². The normalized spacial score (nSPS) is 11.4. The molecule has 0 saturated carbocycles. The van der Waals surface area contributed by atoms with Gasteiger partial charge in [0.05, 0.1) is 18.4 Å². The third kappa shape index (κ3) is 3.53. The van der Waals surface area contributed by atoms with Gasteiger partial charge in [0, 0.05) is 12.6 Å². The molecule has 3 rings (SSSR count). The Labute approximate surface area is 154 Å². The van der Waals surface area contributed by atoms with Crippen molar-refractivity contribution in [2.45, 2.75) is 6.18 Å². The van der Waals surface area contributed by atoms with Crippen LogP contribution in [0.3, 0.4) is 0 Å². The predicted octanol–water partition coefficient (Wildman–Crippen LogP) is 4.49.